The number of halogens is 1. The maximum atomic E-state index is 12.9. The van der Waals surface area contributed by atoms with Crippen molar-refractivity contribution in [2.75, 3.05) is 7.11 Å². The van der Waals surface area contributed by atoms with E-state index in [-0.39, 0.29) is 5.82 Å². The highest BCUT2D eigenvalue weighted by Gasteiger charge is 1.98. The molecular formula is C21H18FNO2. The first-order chi connectivity index (χ1) is 12.2. The summed E-state index contributed by atoms with van der Waals surface area (Å²) in [6, 6.07) is 21.5. The minimum absolute atomic E-state index is 0.250. The SMILES string of the molecule is COc1ccc(N=Cc2cccc(OCc3ccc(F)cc3)c2)cc1. The predicted octanol–water partition coefficient (Wildman–Crippen LogP) is 5.16. The van der Waals surface area contributed by atoms with Gasteiger partial charge in [-0.1, -0.05) is 24.3 Å². The van der Waals surface area contributed by atoms with Gasteiger partial charge in [-0.05, 0) is 59.7 Å². The molecule has 0 aliphatic heterocycles. The van der Waals surface area contributed by atoms with Crippen LogP contribution < -0.4 is 9.47 Å². The monoisotopic (exact) mass is 335 g/mol. The van der Waals surface area contributed by atoms with Gasteiger partial charge in [0, 0.05) is 6.21 Å². The Balaban J connectivity index is 1.64. The topological polar surface area (TPSA) is 30.8 Å². The number of nitrogens with zero attached hydrogens (tertiary/aromatic N) is 1. The molecule has 0 amide bonds. The lowest BCUT2D eigenvalue weighted by Gasteiger charge is -2.07. The zero-order chi connectivity index (χ0) is 17.5. The first-order valence-corrected chi connectivity index (χ1v) is 7.88. The van der Waals surface area contributed by atoms with E-state index in [2.05, 4.69) is 4.99 Å². The van der Waals surface area contributed by atoms with Crippen LogP contribution in [0.4, 0.5) is 10.1 Å². The third-order valence-corrected chi connectivity index (χ3v) is 3.61. The minimum Gasteiger partial charge on any atom is -0.497 e. The van der Waals surface area contributed by atoms with Crippen LogP contribution >= 0.6 is 0 Å². The highest BCUT2D eigenvalue weighted by atomic mass is 19.1. The summed E-state index contributed by atoms with van der Waals surface area (Å²) in [7, 11) is 1.63. The van der Waals surface area contributed by atoms with Crippen molar-refractivity contribution in [1.29, 1.82) is 0 Å². The van der Waals surface area contributed by atoms with Gasteiger partial charge in [0.1, 0.15) is 23.9 Å². The van der Waals surface area contributed by atoms with Crippen LogP contribution in [0.5, 0.6) is 11.5 Å². The van der Waals surface area contributed by atoms with Crippen LogP contribution in [-0.2, 0) is 6.61 Å². The van der Waals surface area contributed by atoms with Crippen LogP contribution in [0.2, 0.25) is 0 Å². The molecule has 0 aromatic heterocycles. The van der Waals surface area contributed by atoms with E-state index in [1.165, 1.54) is 12.1 Å². The Morgan fingerprint density at radius 1 is 0.920 bits per heavy atom. The molecule has 0 saturated heterocycles. The molecule has 0 heterocycles. The van der Waals surface area contributed by atoms with E-state index in [9.17, 15) is 4.39 Å². The van der Waals surface area contributed by atoms with E-state index < -0.39 is 0 Å². The summed E-state index contributed by atoms with van der Waals surface area (Å²) in [5.74, 6) is 1.29. The van der Waals surface area contributed by atoms with Gasteiger partial charge in [0.2, 0.25) is 0 Å². The molecule has 3 rings (SSSR count). The number of benzene rings is 3. The van der Waals surface area contributed by atoms with E-state index in [1.807, 2.05) is 48.5 Å². The largest absolute Gasteiger partial charge is 0.497 e. The van der Waals surface area contributed by atoms with Crippen LogP contribution in [0, 0.1) is 5.82 Å². The Morgan fingerprint density at radius 2 is 1.68 bits per heavy atom. The van der Waals surface area contributed by atoms with Gasteiger partial charge in [0.25, 0.3) is 0 Å². The second-order valence-electron chi connectivity index (χ2n) is 5.44. The number of ether oxygens (including phenoxy) is 2. The molecule has 25 heavy (non-hydrogen) atoms. The van der Waals surface area contributed by atoms with Gasteiger partial charge >= 0.3 is 0 Å². The van der Waals surface area contributed by atoms with Crippen molar-refractivity contribution in [3.8, 4) is 11.5 Å². The van der Waals surface area contributed by atoms with Crippen molar-refractivity contribution in [2.45, 2.75) is 6.61 Å². The van der Waals surface area contributed by atoms with Gasteiger partial charge < -0.3 is 9.47 Å². The van der Waals surface area contributed by atoms with Crippen molar-refractivity contribution in [3.05, 3.63) is 89.7 Å². The first-order valence-electron chi connectivity index (χ1n) is 7.88. The molecule has 0 saturated carbocycles. The van der Waals surface area contributed by atoms with Gasteiger partial charge in [-0.3, -0.25) is 4.99 Å². The van der Waals surface area contributed by atoms with Gasteiger partial charge in [0.05, 0.1) is 12.8 Å². The zero-order valence-electron chi connectivity index (χ0n) is 13.9. The average molecular weight is 335 g/mol. The van der Waals surface area contributed by atoms with E-state index in [4.69, 9.17) is 9.47 Å². The number of hydrogen-bond acceptors (Lipinski definition) is 3. The average Bonchev–Trinajstić information content (AvgIpc) is 2.67. The molecule has 0 fully saturated rings. The molecule has 0 aliphatic rings. The van der Waals surface area contributed by atoms with Crippen molar-refractivity contribution < 1.29 is 13.9 Å². The van der Waals surface area contributed by atoms with Crippen LogP contribution in [0.1, 0.15) is 11.1 Å². The molecule has 3 aromatic rings. The normalized spacial score (nSPS) is 10.8. The number of rotatable bonds is 6. The number of aliphatic imine (C=N–C) groups is 1. The standard InChI is InChI=1S/C21H18FNO2/c1-24-20-11-9-19(10-12-20)23-14-17-3-2-4-21(13-17)25-15-16-5-7-18(22)8-6-16/h2-14H,15H2,1H3. The third kappa shape index (κ3) is 4.91. The summed E-state index contributed by atoms with van der Waals surface area (Å²) in [4.78, 5) is 4.44. The Kier molecular flexibility index (Phi) is 5.42. The van der Waals surface area contributed by atoms with Crippen molar-refractivity contribution >= 4 is 11.9 Å². The molecule has 0 bridgehead atoms. The molecule has 3 aromatic carbocycles. The van der Waals surface area contributed by atoms with Gasteiger partial charge in [-0.15, -0.1) is 0 Å². The number of methoxy groups -OCH3 is 1. The van der Waals surface area contributed by atoms with Gasteiger partial charge in [-0.2, -0.15) is 0 Å². The Labute approximate surface area is 146 Å². The van der Waals surface area contributed by atoms with E-state index >= 15 is 0 Å². The fourth-order valence-corrected chi connectivity index (χ4v) is 2.25. The lowest BCUT2D eigenvalue weighted by molar-refractivity contribution is 0.306. The van der Waals surface area contributed by atoms with Gasteiger partial charge in [0.15, 0.2) is 0 Å². The molecule has 0 N–H and O–H groups in total. The molecule has 126 valence electrons. The predicted molar refractivity (Wildman–Crippen MR) is 97.4 cm³/mol. The van der Waals surface area contributed by atoms with E-state index in [0.29, 0.717) is 6.61 Å². The molecule has 0 aliphatic carbocycles. The third-order valence-electron chi connectivity index (χ3n) is 3.61. The maximum absolute atomic E-state index is 12.9. The molecular weight excluding hydrogens is 317 g/mol. The second-order valence-corrected chi connectivity index (χ2v) is 5.44. The second kappa shape index (κ2) is 8.11. The molecule has 4 heteroatoms. The molecule has 0 spiro atoms. The van der Waals surface area contributed by atoms with Crippen LogP contribution in [0.25, 0.3) is 0 Å². The fourth-order valence-electron chi connectivity index (χ4n) is 2.25. The summed E-state index contributed by atoms with van der Waals surface area (Å²) in [5.41, 5.74) is 2.70. The minimum atomic E-state index is -0.250. The lowest BCUT2D eigenvalue weighted by atomic mass is 10.2. The van der Waals surface area contributed by atoms with Crippen LogP contribution in [0.3, 0.4) is 0 Å². The lowest BCUT2D eigenvalue weighted by Crippen LogP contribution is -1.96. The Bertz CT molecular complexity index is 843. The highest BCUT2D eigenvalue weighted by molar-refractivity contribution is 5.82. The van der Waals surface area contributed by atoms with Crippen LogP contribution in [-0.4, -0.2) is 13.3 Å². The molecule has 3 nitrogen and oxygen atoms in total. The summed E-state index contributed by atoms with van der Waals surface area (Å²) in [6.45, 7) is 0.388. The maximum Gasteiger partial charge on any atom is 0.123 e. The highest BCUT2D eigenvalue weighted by Crippen LogP contribution is 2.19. The molecule has 0 radical (unpaired) electrons. The summed E-state index contributed by atoms with van der Waals surface area (Å²) in [6.07, 6.45) is 1.78. The molecule has 0 atom stereocenters. The summed E-state index contributed by atoms with van der Waals surface area (Å²) in [5, 5.41) is 0. The fraction of sp³-hybridized carbons (Fsp3) is 0.0952. The first kappa shape index (κ1) is 16.7. The van der Waals surface area contributed by atoms with Gasteiger partial charge in [-0.25, -0.2) is 4.39 Å². The molecule has 0 unspecified atom stereocenters. The quantitative estimate of drug-likeness (QED) is 0.582. The smallest absolute Gasteiger partial charge is 0.123 e. The number of hydrogen-bond donors (Lipinski definition) is 0. The van der Waals surface area contributed by atoms with Crippen molar-refractivity contribution in [2.24, 2.45) is 4.99 Å². The Hall–Kier alpha value is -3.14. The Morgan fingerprint density at radius 3 is 2.40 bits per heavy atom. The summed E-state index contributed by atoms with van der Waals surface area (Å²) >= 11 is 0. The summed E-state index contributed by atoms with van der Waals surface area (Å²) < 4.78 is 23.8. The van der Waals surface area contributed by atoms with E-state index in [0.717, 1.165) is 28.3 Å². The van der Waals surface area contributed by atoms with Crippen molar-refractivity contribution in [3.63, 3.8) is 0 Å². The zero-order valence-corrected chi connectivity index (χ0v) is 13.9. The van der Waals surface area contributed by atoms with Crippen LogP contribution in [0.15, 0.2) is 77.8 Å². The van der Waals surface area contributed by atoms with E-state index in [1.54, 1.807) is 25.5 Å². The van der Waals surface area contributed by atoms with Crippen molar-refractivity contribution in [1.82, 2.24) is 0 Å².